The van der Waals surface area contributed by atoms with Gasteiger partial charge < -0.3 is 15.0 Å². The molecule has 0 bridgehead atoms. The van der Waals surface area contributed by atoms with Crippen LogP contribution in [0.2, 0.25) is 0 Å². The predicted octanol–water partition coefficient (Wildman–Crippen LogP) is 5.18. The second-order valence-electron chi connectivity index (χ2n) is 9.96. The number of halogens is 1. The van der Waals surface area contributed by atoms with Crippen LogP contribution in [0.5, 0.6) is 5.75 Å². The number of rotatable bonds is 15. The molecule has 0 saturated carbocycles. The summed E-state index contributed by atoms with van der Waals surface area (Å²) < 4.78 is 48.1. The van der Waals surface area contributed by atoms with Crippen molar-refractivity contribution in [2.45, 2.75) is 63.9 Å². The molecule has 1 N–H and O–H groups in total. The second-order valence-corrected chi connectivity index (χ2v) is 11.8. The molecule has 0 aromatic heterocycles. The maximum absolute atomic E-state index is 14.0. The van der Waals surface area contributed by atoms with Gasteiger partial charge in [0.2, 0.25) is 11.8 Å². The summed E-state index contributed by atoms with van der Waals surface area (Å²) in [6.07, 6.45) is 1.53. The SMILES string of the molecule is CCOc1ccc(S(=O)(=O)N(CC(=O)N(CCc2ccccc2)[C@H](CC)C(=O)N[C@@H](C)CC)c2ccc(F)cc2)cc1. The summed E-state index contributed by atoms with van der Waals surface area (Å²) in [5.74, 6) is -0.876. The van der Waals surface area contributed by atoms with Crippen molar-refractivity contribution in [3.63, 3.8) is 0 Å². The van der Waals surface area contributed by atoms with Crippen molar-refractivity contribution in [3.8, 4) is 5.75 Å². The van der Waals surface area contributed by atoms with E-state index in [0.29, 0.717) is 25.2 Å². The summed E-state index contributed by atoms with van der Waals surface area (Å²) in [6, 6.07) is 19.5. The average molecular weight is 598 g/mol. The van der Waals surface area contributed by atoms with Crippen LogP contribution in [0.4, 0.5) is 10.1 Å². The third kappa shape index (κ3) is 8.55. The fourth-order valence-electron chi connectivity index (χ4n) is 4.47. The van der Waals surface area contributed by atoms with E-state index >= 15 is 0 Å². The fraction of sp³-hybridized carbons (Fsp3) is 0.375. The Morgan fingerprint density at radius 1 is 0.905 bits per heavy atom. The molecular formula is C32H40FN3O5S. The molecule has 2 atom stereocenters. The van der Waals surface area contributed by atoms with Gasteiger partial charge in [-0.15, -0.1) is 0 Å². The number of anilines is 1. The highest BCUT2D eigenvalue weighted by atomic mass is 32.2. The van der Waals surface area contributed by atoms with Crippen LogP contribution >= 0.6 is 0 Å². The minimum Gasteiger partial charge on any atom is -0.494 e. The number of hydrogen-bond donors (Lipinski definition) is 1. The highest BCUT2D eigenvalue weighted by molar-refractivity contribution is 7.92. The van der Waals surface area contributed by atoms with Gasteiger partial charge >= 0.3 is 0 Å². The lowest BCUT2D eigenvalue weighted by molar-refractivity contribution is -0.139. The fourth-order valence-corrected chi connectivity index (χ4v) is 5.89. The lowest BCUT2D eigenvalue weighted by atomic mass is 10.1. The van der Waals surface area contributed by atoms with E-state index < -0.39 is 34.3 Å². The first kappa shape index (κ1) is 32.6. The highest BCUT2D eigenvalue weighted by Crippen LogP contribution is 2.26. The van der Waals surface area contributed by atoms with Crippen molar-refractivity contribution >= 4 is 27.5 Å². The van der Waals surface area contributed by atoms with Crippen LogP contribution < -0.4 is 14.4 Å². The minimum absolute atomic E-state index is 0.0551. The Kier molecular flexibility index (Phi) is 11.9. The number of hydrogen-bond acceptors (Lipinski definition) is 5. The standard InChI is InChI=1S/C32H40FN3O5S/c1-5-24(4)34-32(38)30(6-2)35(22-21-25-11-9-8-10-12-25)31(37)23-36(27-15-13-26(33)14-16-27)42(39,40)29-19-17-28(18-20-29)41-7-3/h8-20,24,30H,5-7,21-23H2,1-4H3,(H,34,38)/t24-,30+/m0/s1. The first-order valence-electron chi connectivity index (χ1n) is 14.3. The topological polar surface area (TPSA) is 96.0 Å². The number of benzene rings is 3. The van der Waals surface area contributed by atoms with Crippen molar-refractivity contribution in [3.05, 3.63) is 90.2 Å². The van der Waals surface area contributed by atoms with E-state index in [-0.39, 0.29) is 29.1 Å². The van der Waals surface area contributed by atoms with Gasteiger partial charge in [-0.1, -0.05) is 44.2 Å². The van der Waals surface area contributed by atoms with Gasteiger partial charge in [-0.2, -0.15) is 0 Å². The largest absolute Gasteiger partial charge is 0.494 e. The molecule has 3 aromatic carbocycles. The lowest BCUT2D eigenvalue weighted by Gasteiger charge is -2.33. The predicted molar refractivity (Wildman–Crippen MR) is 162 cm³/mol. The normalized spacial score (nSPS) is 12.7. The Hall–Kier alpha value is -3.92. The first-order valence-corrected chi connectivity index (χ1v) is 15.7. The van der Waals surface area contributed by atoms with E-state index in [9.17, 15) is 22.4 Å². The van der Waals surface area contributed by atoms with Gasteiger partial charge in [-0.3, -0.25) is 13.9 Å². The van der Waals surface area contributed by atoms with E-state index in [1.165, 1.54) is 29.2 Å². The van der Waals surface area contributed by atoms with Crippen LogP contribution in [-0.4, -0.2) is 56.9 Å². The van der Waals surface area contributed by atoms with Crippen molar-refractivity contribution in [2.24, 2.45) is 0 Å². The molecule has 0 saturated heterocycles. The monoisotopic (exact) mass is 597 g/mol. The van der Waals surface area contributed by atoms with E-state index in [1.54, 1.807) is 12.1 Å². The quantitative estimate of drug-likeness (QED) is 0.260. The van der Waals surface area contributed by atoms with Crippen LogP contribution in [0.1, 0.15) is 46.1 Å². The van der Waals surface area contributed by atoms with E-state index in [2.05, 4.69) is 5.32 Å². The Morgan fingerprint density at radius 3 is 2.12 bits per heavy atom. The molecular weight excluding hydrogens is 557 g/mol. The minimum atomic E-state index is -4.26. The maximum Gasteiger partial charge on any atom is 0.264 e. The summed E-state index contributed by atoms with van der Waals surface area (Å²) in [5, 5.41) is 2.96. The molecule has 3 rings (SSSR count). The number of amides is 2. The third-order valence-corrected chi connectivity index (χ3v) is 8.78. The highest BCUT2D eigenvalue weighted by Gasteiger charge is 2.33. The zero-order valence-corrected chi connectivity index (χ0v) is 25.4. The second kappa shape index (κ2) is 15.3. The van der Waals surface area contributed by atoms with Crippen molar-refractivity contribution in [1.29, 1.82) is 0 Å². The zero-order valence-electron chi connectivity index (χ0n) is 24.6. The molecule has 42 heavy (non-hydrogen) atoms. The maximum atomic E-state index is 14.0. The lowest BCUT2D eigenvalue weighted by Crippen LogP contribution is -2.54. The molecule has 2 amide bonds. The average Bonchev–Trinajstić information content (AvgIpc) is 2.99. The van der Waals surface area contributed by atoms with Crippen LogP contribution in [0.25, 0.3) is 0 Å². The summed E-state index contributed by atoms with van der Waals surface area (Å²) in [4.78, 5) is 28.7. The molecule has 0 aliphatic carbocycles. The molecule has 3 aromatic rings. The Labute approximate surface area is 248 Å². The van der Waals surface area contributed by atoms with Gasteiger partial charge in [0.05, 0.1) is 17.2 Å². The summed E-state index contributed by atoms with van der Waals surface area (Å²) in [6.45, 7) is 7.53. The number of nitrogens with one attached hydrogen (secondary N) is 1. The zero-order chi connectivity index (χ0) is 30.7. The summed E-state index contributed by atoms with van der Waals surface area (Å²) in [5.41, 5.74) is 1.10. The molecule has 0 heterocycles. The molecule has 0 fully saturated rings. The molecule has 0 aliphatic heterocycles. The number of carbonyl (C=O) groups is 2. The number of nitrogens with zero attached hydrogens (tertiary/aromatic N) is 2. The molecule has 0 unspecified atom stereocenters. The molecule has 0 aliphatic rings. The van der Waals surface area contributed by atoms with E-state index in [4.69, 9.17) is 4.74 Å². The van der Waals surface area contributed by atoms with Crippen LogP contribution in [-0.2, 0) is 26.0 Å². The van der Waals surface area contributed by atoms with Crippen LogP contribution in [0.3, 0.4) is 0 Å². The van der Waals surface area contributed by atoms with Gasteiger partial charge in [0.1, 0.15) is 24.2 Å². The Balaban J connectivity index is 2.00. The Bertz CT molecular complexity index is 1400. The summed E-state index contributed by atoms with van der Waals surface area (Å²) in [7, 11) is -4.26. The van der Waals surface area contributed by atoms with Crippen molar-refractivity contribution in [2.75, 3.05) is 24.0 Å². The smallest absolute Gasteiger partial charge is 0.264 e. The van der Waals surface area contributed by atoms with E-state index in [0.717, 1.165) is 28.4 Å². The molecule has 0 radical (unpaired) electrons. The third-order valence-electron chi connectivity index (χ3n) is 6.99. The Morgan fingerprint density at radius 2 is 1.55 bits per heavy atom. The molecule has 226 valence electrons. The van der Waals surface area contributed by atoms with Gasteiger partial charge in [0.15, 0.2) is 0 Å². The van der Waals surface area contributed by atoms with Crippen LogP contribution in [0.15, 0.2) is 83.8 Å². The van der Waals surface area contributed by atoms with Gasteiger partial charge in [-0.05, 0) is 87.2 Å². The molecule has 8 nitrogen and oxygen atoms in total. The van der Waals surface area contributed by atoms with Crippen LogP contribution in [0, 0.1) is 5.82 Å². The van der Waals surface area contributed by atoms with Gasteiger partial charge in [-0.25, -0.2) is 12.8 Å². The molecule has 10 heteroatoms. The number of carbonyl (C=O) groups excluding carboxylic acids is 2. The van der Waals surface area contributed by atoms with Gasteiger partial charge in [0.25, 0.3) is 10.0 Å². The van der Waals surface area contributed by atoms with Crippen molar-refractivity contribution in [1.82, 2.24) is 10.2 Å². The van der Waals surface area contributed by atoms with E-state index in [1.807, 2.05) is 58.0 Å². The molecule has 0 spiro atoms. The first-order chi connectivity index (χ1) is 20.1. The van der Waals surface area contributed by atoms with Gasteiger partial charge in [0, 0.05) is 12.6 Å². The van der Waals surface area contributed by atoms with Crippen molar-refractivity contribution < 1.29 is 27.1 Å². The number of sulfonamides is 1. The summed E-state index contributed by atoms with van der Waals surface area (Å²) >= 11 is 0. The number of ether oxygens (including phenoxy) is 1.